The van der Waals surface area contributed by atoms with E-state index in [0.717, 1.165) is 53.1 Å². The average molecular weight is 367 g/mol. The van der Waals surface area contributed by atoms with Gasteiger partial charge in [0.1, 0.15) is 5.82 Å². The molecule has 3 heterocycles. The summed E-state index contributed by atoms with van der Waals surface area (Å²) < 4.78 is 0. The minimum atomic E-state index is 0.0823. The molecule has 0 spiro atoms. The predicted octanol–water partition coefficient (Wildman–Crippen LogP) is 3.34. The number of carbonyl (C=O) groups excluding carboxylic acids is 1. The van der Waals surface area contributed by atoms with Gasteiger partial charge in [-0.1, -0.05) is 23.5 Å². The molecule has 1 aromatic carbocycles. The molecule has 3 aromatic rings. The van der Waals surface area contributed by atoms with Crippen molar-refractivity contribution in [3.63, 3.8) is 0 Å². The summed E-state index contributed by atoms with van der Waals surface area (Å²) in [6, 6.07) is 6.10. The number of likely N-dealkylation sites (tertiary alicyclic amines) is 1. The van der Waals surface area contributed by atoms with E-state index in [1.54, 1.807) is 0 Å². The Kier molecular flexibility index (Phi) is 4.65. The summed E-state index contributed by atoms with van der Waals surface area (Å²) in [5.41, 5.74) is 1.97. The van der Waals surface area contributed by atoms with Crippen LogP contribution in [0.1, 0.15) is 18.7 Å². The Bertz CT molecular complexity index is 946. The Labute approximate surface area is 156 Å². The lowest BCUT2D eigenvalue weighted by atomic mass is 9.96. The number of benzene rings is 1. The lowest BCUT2D eigenvalue weighted by Gasteiger charge is -2.27. The van der Waals surface area contributed by atoms with Gasteiger partial charge in [-0.15, -0.1) is 0 Å². The summed E-state index contributed by atoms with van der Waals surface area (Å²) in [7, 11) is 2.09. The summed E-state index contributed by atoms with van der Waals surface area (Å²) in [4.78, 5) is 28.8. The quantitative estimate of drug-likeness (QED) is 0.769. The topological polar surface area (TPSA) is 71.0 Å². The predicted molar refractivity (Wildman–Crippen MR) is 104 cm³/mol. The number of nitrogens with zero attached hydrogens (tertiary/aromatic N) is 4. The third-order valence-corrected chi connectivity index (χ3v) is 5.77. The first-order chi connectivity index (χ1) is 12.6. The highest BCUT2D eigenvalue weighted by Gasteiger charge is 2.24. The Hall–Kier alpha value is -2.38. The van der Waals surface area contributed by atoms with Crippen molar-refractivity contribution in [1.82, 2.24) is 19.9 Å². The van der Waals surface area contributed by atoms with Crippen LogP contribution in [-0.4, -0.2) is 45.9 Å². The molecular formula is C19H21N5OS. The summed E-state index contributed by atoms with van der Waals surface area (Å²) >= 11 is 1.49. The molecule has 0 radical (unpaired) electrons. The third-order valence-electron chi connectivity index (χ3n) is 4.81. The van der Waals surface area contributed by atoms with Gasteiger partial charge in [-0.3, -0.25) is 4.79 Å². The van der Waals surface area contributed by atoms with Gasteiger partial charge in [0.2, 0.25) is 5.91 Å². The number of nitrogens with one attached hydrogen (secondary N) is 1. The van der Waals surface area contributed by atoms with Gasteiger partial charge in [-0.2, -0.15) is 0 Å². The number of rotatable bonds is 3. The van der Waals surface area contributed by atoms with Crippen LogP contribution >= 0.6 is 11.3 Å². The van der Waals surface area contributed by atoms with E-state index in [-0.39, 0.29) is 11.8 Å². The summed E-state index contributed by atoms with van der Waals surface area (Å²) in [6.45, 7) is 3.83. The normalized spacial score (nSPS) is 16.1. The molecule has 26 heavy (non-hydrogen) atoms. The van der Waals surface area contributed by atoms with Crippen molar-refractivity contribution < 1.29 is 4.79 Å². The Morgan fingerprint density at radius 1 is 1.23 bits per heavy atom. The van der Waals surface area contributed by atoms with Crippen LogP contribution in [0.4, 0.5) is 5.13 Å². The largest absolute Gasteiger partial charge is 0.306 e. The first-order valence-corrected chi connectivity index (χ1v) is 9.59. The van der Waals surface area contributed by atoms with Gasteiger partial charge in [0.25, 0.3) is 0 Å². The van der Waals surface area contributed by atoms with Crippen molar-refractivity contribution in [2.24, 2.45) is 5.92 Å². The maximum absolute atomic E-state index is 12.5. The molecule has 0 atom stereocenters. The highest BCUT2D eigenvalue weighted by molar-refractivity contribution is 7.19. The van der Waals surface area contributed by atoms with E-state index < -0.39 is 0 Å². The zero-order chi connectivity index (χ0) is 18.1. The van der Waals surface area contributed by atoms with Gasteiger partial charge in [0.05, 0.1) is 10.4 Å². The number of fused-ring (bicyclic) bond motifs is 1. The van der Waals surface area contributed by atoms with Crippen LogP contribution in [0.3, 0.4) is 0 Å². The average Bonchev–Trinajstić information content (AvgIpc) is 3.10. The molecule has 1 aliphatic rings. The Morgan fingerprint density at radius 2 is 2.04 bits per heavy atom. The molecule has 7 heteroatoms. The van der Waals surface area contributed by atoms with E-state index in [0.29, 0.717) is 5.13 Å². The molecule has 0 unspecified atom stereocenters. The number of piperidine rings is 1. The van der Waals surface area contributed by atoms with E-state index in [1.807, 2.05) is 37.5 Å². The van der Waals surface area contributed by atoms with E-state index in [4.69, 9.17) is 0 Å². The molecule has 0 bridgehead atoms. The molecule has 1 amide bonds. The number of aryl methyl sites for hydroxylation is 1. The van der Waals surface area contributed by atoms with E-state index >= 15 is 0 Å². The minimum absolute atomic E-state index is 0.0823. The second kappa shape index (κ2) is 7.09. The number of hydrogen-bond acceptors (Lipinski definition) is 6. The molecule has 0 aliphatic carbocycles. The number of aromatic nitrogens is 3. The fourth-order valence-electron chi connectivity index (χ4n) is 3.21. The van der Waals surface area contributed by atoms with Crippen LogP contribution in [0.5, 0.6) is 0 Å². The number of amides is 1. The standard InChI is InChI=1S/C19H21N5OS/c1-12-20-10-15-4-3-14(9-16(15)22-12)17-11-21-19(26-17)23-18(25)13-5-7-24(2)8-6-13/h3-4,9-11,13H,5-8H2,1-2H3,(H,21,23,25). The first-order valence-electron chi connectivity index (χ1n) is 8.77. The minimum Gasteiger partial charge on any atom is -0.306 e. The van der Waals surface area contributed by atoms with Gasteiger partial charge >= 0.3 is 0 Å². The summed E-state index contributed by atoms with van der Waals surface area (Å²) in [5, 5.41) is 4.66. The maximum Gasteiger partial charge on any atom is 0.229 e. The summed E-state index contributed by atoms with van der Waals surface area (Å²) in [6.07, 6.45) is 5.46. The smallest absolute Gasteiger partial charge is 0.229 e. The molecular weight excluding hydrogens is 346 g/mol. The Balaban J connectivity index is 1.50. The van der Waals surface area contributed by atoms with Crippen LogP contribution in [0.25, 0.3) is 21.3 Å². The monoisotopic (exact) mass is 367 g/mol. The molecule has 1 fully saturated rings. The van der Waals surface area contributed by atoms with Crippen LogP contribution in [0.2, 0.25) is 0 Å². The molecule has 2 aromatic heterocycles. The fraction of sp³-hybridized carbons (Fsp3) is 0.368. The van der Waals surface area contributed by atoms with E-state index in [1.165, 1.54) is 11.3 Å². The molecule has 1 saturated heterocycles. The van der Waals surface area contributed by atoms with Crippen molar-refractivity contribution in [1.29, 1.82) is 0 Å². The molecule has 4 rings (SSSR count). The lowest BCUT2D eigenvalue weighted by molar-refractivity contribution is -0.121. The van der Waals surface area contributed by atoms with Crippen molar-refractivity contribution >= 4 is 33.3 Å². The molecule has 6 nitrogen and oxygen atoms in total. The second-order valence-corrected chi connectivity index (χ2v) is 7.82. The van der Waals surface area contributed by atoms with Gasteiger partial charge < -0.3 is 10.2 Å². The highest BCUT2D eigenvalue weighted by atomic mass is 32.1. The highest BCUT2D eigenvalue weighted by Crippen LogP contribution is 2.31. The van der Waals surface area contributed by atoms with Crippen LogP contribution in [0, 0.1) is 12.8 Å². The number of hydrogen-bond donors (Lipinski definition) is 1. The number of carbonyl (C=O) groups is 1. The van der Waals surface area contributed by atoms with Crippen LogP contribution in [-0.2, 0) is 4.79 Å². The van der Waals surface area contributed by atoms with Crippen molar-refractivity contribution in [3.05, 3.63) is 36.4 Å². The maximum atomic E-state index is 12.5. The summed E-state index contributed by atoms with van der Waals surface area (Å²) in [5.74, 6) is 0.921. The van der Waals surface area contributed by atoms with Crippen LogP contribution < -0.4 is 5.32 Å². The van der Waals surface area contributed by atoms with Crippen molar-refractivity contribution in [3.8, 4) is 10.4 Å². The molecule has 0 saturated carbocycles. The second-order valence-electron chi connectivity index (χ2n) is 6.79. The molecule has 1 aliphatic heterocycles. The third kappa shape index (κ3) is 3.59. The van der Waals surface area contributed by atoms with Gasteiger partial charge in [-0.25, -0.2) is 15.0 Å². The zero-order valence-electron chi connectivity index (χ0n) is 14.9. The Morgan fingerprint density at radius 3 is 2.85 bits per heavy atom. The lowest BCUT2D eigenvalue weighted by Crippen LogP contribution is -2.35. The fourth-order valence-corrected chi connectivity index (χ4v) is 4.03. The van der Waals surface area contributed by atoms with Crippen molar-refractivity contribution in [2.45, 2.75) is 19.8 Å². The zero-order valence-corrected chi connectivity index (χ0v) is 15.7. The molecule has 1 N–H and O–H groups in total. The SMILES string of the molecule is Cc1ncc2ccc(-c3cnc(NC(=O)C4CCN(C)CC4)s3)cc2n1. The van der Waals surface area contributed by atoms with E-state index in [9.17, 15) is 4.79 Å². The van der Waals surface area contributed by atoms with Gasteiger partial charge in [-0.05, 0) is 51.5 Å². The first kappa shape index (κ1) is 17.1. The number of anilines is 1. The van der Waals surface area contributed by atoms with Crippen molar-refractivity contribution in [2.75, 3.05) is 25.5 Å². The molecule has 134 valence electrons. The van der Waals surface area contributed by atoms with E-state index in [2.05, 4.69) is 32.2 Å². The number of thiazole rings is 1. The van der Waals surface area contributed by atoms with Gasteiger partial charge in [0.15, 0.2) is 5.13 Å². The van der Waals surface area contributed by atoms with Crippen LogP contribution in [0.15, 0.2) is 30.6 Å². The van der Waals surface area contributed by atoms with Gasteiger partial charge in [0, 0.05) is 23.7 Å².